The Balaban J connectivity index is 0.00000169. The molecule has 72 valence electrons. The second-order valence-corrected chi connectivity index (χ2v) is 3.04. The van der Waals surface area contributed by atoms with Gasteiger partial charge in [-0.3, -0.25) is 0 Å². The van der Waals surface area contributed by atoms with Crippen molar-refractivity contribution in [1.82, 2.24) is 0 Å². The number of hydrogen-bond acceptors (Lipinski definition) is 0. The summed E-state index contributed by atoms with van der Waals surface area (Å²) in [6.45, 7) is -4.00. The summed E-state index contributed by atoms with van der Waals surface area (Å²) in [4.78, 5) is 0. The van der Waals surface area contributed by atoms with E-state index in [1.165, 1.54) is 6.92 Å². The van der Waals surface area contributed by atoms with E-state index in [0.717, 1.165) is 12.1 Å². The first-order valence-corrected chi connectivity index (χ1v) is 3.86. The second kappa shape index (κ2) is 5.32. The SMILES string of the molecule is Cc1ccc(F)c(Cl)c1[B-](F)(F)F.[K+]. The van der Waals surface area contributed by atoms with E-state index in [0.29, 0.717) is 0 Å². The number of hydrogen-bond donors (Lipinski definition) is 0. The van der Waals surface area contributed by atoms with Crippen LogP contribution in [0.4, 0.5) is 17.3 Å². The number of halogens is 5. The zero-order valence-corrected chi connectivity index (χ0v) is 11.5. The van der Waals surface area contributed by atoms with Gasteiger partial charge in [0.15, 0.2) is 0 Å². The van der Waals surface area contributed by atoms with Gasteiger partial charge in [-0.25, -0.2) is 4.39 Å². The molecule has 0 N–H and O–H groups in total. The Morgan fingerprint density at radius 2 is 1.71 bits per heavy atom. The van der Waals surface area contributed by atoms with Crippen LogP contribution in [0.3, 0.4) is 0 Å². The summed E-state index contributed by atoms with van der Waals surface area (Å²) in [5.41, 5.74) is -1.10. The van der Waals surface area contributed by atoms with E-state index in [-0.39, 0.29) is 56.9 Å². The maximum Gasteiger partial charge on any atom is 1.00 e. The van der Waals surface area contributed by atoms with Crippen molar-refractivity contribution >= 4 is 24.0 Å². The van der Waals surface area contributed by atoms with Crippen molar-refractivity contribution in [2.75, 3.05) is 0 Å². The third-order valence-corrected chi connectivity index (χ3v) is 2.06. The molecule has 0 aliphatic heterocycles. The molecule has 1 aromatic rings. The van der Waals surface area contributed by atoms with Crippen molar-refractivity contribution in [3.05, 3.63) is 28.5 Å². The quantitative estimate of drug-likeness (QED) is 0.480. The molecule has 0 heterocycles. The summed E-state index contributed by atoms with van der Waals surface area (Å²) in [5, 5.41) is -0.840. The monoisotopic (exact) mass is 250 g/mol. The summed E-state index contributed by atoms with van der Waals surface area (Å²) in [6, 6.07) is 1.98. The Kier molecular flexibility index (Phi) is 5.67. The number of aryl methyl sites for hydroxylation is 1. The van der Waals surface area contributed by atoms with Crippen LogP contribution in [0, 0.1) is 12.7 Å². The van der Waals surface area contributed by atoms with Crippen LogP contribution < -0.4 is 56.8 Å². The first kappa shape index (κ1) is 14.9. The van der Waals surface area contributed by atoms with Gasteiger partial charge >= 0.3 is 58.4 Å². The zero-order valence-electron chi connectivity index (χ0n) is 7.62. The Bertz CT molecular complexity index is 339. The smallest absolute Gasteiger partial charge is 0.445 e. The molecule has 0 fully saturated rings. The van der Waals surface area contributed by atoms with Gasteiger partial charge in [0.05, 0.1) is 0 Å². The average Bonchev–Trinajstić information content (AvgIpc) is 1.95. The number of benzene rings is 1. The van der Waals surface area contributed by atoms with Crippen LogP contribution in [-0.4, -0.2) is 6.98 Å². The van der Waals surface area contributed by atoms with Crippen LogP contribution >= 0.6 is 11.6 Å². The maximum atomic E-state index is 12.7. The Labute approximate surface area is 126 Å². The first-order chi connectivity index (χ1) is 5.84. The van der Waals surface area contributed by atoms with E-state index in [1.54, 1.807) is 0 Å². The average molecular weight is 250 g/mol. The molecule has 0 aliphatic carbocycles. The van der Waals surface area contributed by atoms with Crippen LogP contribution in [0.25, 0.3) is 0 Å². The summed E-state index contributed by atoms with van der Waals surface area (Å²) in [5.74, 6) is -1.04. The van der Waals surface area contributed by atoms with Gasteiger partial charge < -0.3 is 12.9 Å². The minimum absolute atomic E-state index is 0. The van der Waals surface area contributed by atoms with Crippen LogP contribution in [0.2, 0.25) is 5.02 Å². The molecule has 0 aromatic heterocycles. The minimum atomic E-state index is -5.25. The van der Waals surface area contributed by atoms with Crippen molar-refractivity contribution in [3.63, 3.8) is 0 Å². The molecule has 0 spiro atoms. The molecule has 0 aliphatic rings. The van der Waals surface area contributed by atoms with Gasteiger partial charge in [-0.05, 0) is 13.0 Å². The fraction of sp³-hybridized carbons (Fsp3) is 0.143. The standard InChI is InChI=1S/C7H5BClF4.K/c1-4-2-3-5(10)7(9)6(4)8(11,12)13;/h2-3H,1H3;/q-1;+1. The molecular formula is C7H5BClF4K. The van der Waals surface area contributed by atoms with Gasteiger partial charge in [0, 0.05) is 5.02 Å². The van der Waals surface area contributed by atoms with E-state index >= 15 is 0 Å². The third kappa shape index (κ3) is 3.21. The van der Waals surface area contributed by atoms with Crippen LogP contribution in [-0.2, 0) is 0 Å². The molecule has 0 nitrogen and oxygen atoms in total. The molecule has 0 radical (unpaired) electrons. The molecule has 0 saturated heterocycles. The van der Waals surface area contributed by atoms with Gasteiger partial charge in [0.2, 0.25) is 0 Å². The topological polar surface area (TPSA) is 0 Å². The van der Waals surface area contributed by atoms with E-state index in [4.69, 9.17) is 11.6 Å². The summed E-state index contributed by atoms with van der Waals surface area (Å²) in [6.07, 6.45) is 0. The molecule has 1 rings (SSSR count). The minimum Gasteiger partial charge on any atom is -0.445 e. The molecule has 0 unspecified atom stereocenters. The van der Waals surface area contributed by atoms with E-state index in [2.05, 4.69) is 0 Å². The second-order valence-electron chi connectivity index (χ2n) is 2.67. The van der Waals surface area contributed by atoms with Crippen molar-refractivity contribution < 1.29 is 68.7 Å². The van der Waals surface area contributed by atoms with Crippen LogP contribution in [0.15, 0.2) is 12.1 Å². The fourth-order valence-corrected chi connectivity index (χ4v) is 1.40. The normalized spacial score (nSPS) is 11.0. The summed E-state index contributed by atoms with van der Waals surface area (Å²) < 4.78 is 49.6. The molecule has 14 heavy (non-hydrogen) atoms. The van der Waals surface area contributed by atoms with Crippen LogP contribution in [0.1, 0.15) is 5.56 Å². The van der Waals surface area contributed by atoms with Crippen LogP contribution in [0.5, 0.6) is 0 Å². The Morgan fingerprint density at radius 3 is 2.07 bits per heavy atom. The molecule has 1 aromatic carbocycles. The Morgan fingerprint density at radius 1 is 1.21 bits per heavy atom. The van der Waals surface area contributed by atoms with Crippen molar-refractivity contribution in [3.8, 4) is 0 Å². The largest absolute Gasteiger partial charge is 1.00 e. The summed E-state index contributed by atoms with van der Waals surface area (Å²) in [7, 11) is 0. The number of rotatable bonds is 1. The zero-order chi connectivity index (χ0) is 10.2. The van der Waals surface area contributed by atoms with Gasteiger partial charge in [-0.1, -0.05) is 28.7 Å². The molecule has 0 atom stereocenters. The third-order valence-electron chi connectivity index (χ3n) is 1.68. The predicted octanol–water partition coefficient (Wildman–Crippen LogP) is -0.154. The molecule has 7 heteroatoms. The molecular weight excluding hydrogens is 245 g/mol. The van der Waals surface area contributed by atoms with Gasteiger partial charge in [0.1, 0.15) is 5.82 Å². The Hall–Kier alpha value is 0.931. The van der Waals surface area contributed by atoms with Crippen molar-refractivity contribution in [1.29, 1.82) is 0 Å². The molecule has 0 bridgehead atoms. The molecule has 0 saturated carbocycles. The van der Waals surface area contributed by atoms with Gasteiger partial charge in [-0.15, -0.1) is 0 Å². The molecule has 0 amide bonds. The van der Waals surface area contributed by atoms with Crippen molar-refractivity contribution in [2.45, 2.75) is 6.92 Å². The fourth-order valence-electron chi connectivity index (χ4n) is 1.06. The van der Waals surface area contributed by atoms with Crippen molar-refractivity contribution in [2.24, 2.45) is 0 Å². The first-order valence-electron chi connectivity index (χ1n) is 3.48. The van der Waals surface area contributed by atoms with E-state index < -0.39 is 23.3 Å². The van der Waals surface area contributed by atoms with E-state index in [9.17, 15) is 17.3 Å². The predicted molar refractivity (Wildman–Crippen MR) is 44.9 cm³/mol. The van der Waals surface area contributed by atoms with Gasteiger partial charge in [0.25, 0.3) is 0 Å². The van der Waals surface area contributed by atoms with Gasteiger partial charge in [-0.2, -0.15) is 0 Å². The summed E-state index contributed by atoms with van der Waals surface area (Å²) >= 11 is 5.20. The van der Waals surface area contributed by atoms with E-state index in [1.807, 2.05) is 0 Å². The maximum absolute atomic E-state index is 12.7.